The van der Waals surface area contributed by atoms with Crippen LogP contribution in [0.3, 0.4) is 0 Å². The number of anilines is 3. The summed E-state index contributed by atoms with van der Waals surface area (Å²) >= 11 is 0. The van der Waals surface area contributed by atoms with Crippen molar-refractivity contribution in [2.45, 2.75) is 32.7 Å². The first-order chi connectivity index (χ1) is 14.7. The molecule has 5 heterocycles. The third-order valence-corrected chi connectivity index (χ3v) is 5.00. The number of aryl methyl sites for hydroxylation is 2. The second kappa shape index (κ2) is 7.54. The second-order valence-electron chi connectivity index (χ2n) is 7.31. The van der Waals surface area contributed by atoms with E-state index in [1.165, 1.54) is 0 Å². The number of hydrogen-bond donors (Lipinski definition) is 2. The van der Waals surface area contributed by atoms with Crippen molar-refractivity contribution in [3.8, 4) is 11.4 Å². The second-order valence-corrected chi connectivity index (χ2v) is 7.31. The van der Waals surface area contributed by atoms with Crippen LogP contribution in [0, 0.1) is 13.8 Å². The molecular formula is C20H21N9O. The molecule has 0 amide bonds. The van der Waals surface area contributed by atoms with Gasteiger partial charge in [0.25, 0.3) is 0 Å². The van der Waals surface area contributed by atoms with Gasteiger partial charge in [-0.05, 0) is 26.7 Å². The molecule has 1 aliphatic heterocycles. The van der Waals surface area contributed by atoms with Gasteiger partial charge >= 0.3 is 0 Å². The molecule has 0 unspecified atom stereocenters. The molecule has 4 aromatic heterocycles. The van der Waals surface area contributed by atoms with Crippen molar-refractivity contribution in [1.82, 2.24) is 35.3 Å². The molecule has 0 saturated carbocycles. The monoisotopic (exact) mass is 403 g/mol. The van der Waals surface area contributed by atoms with E-state index in [1.807, 2.05) is 32.0 Å². The minimum Gasteiger partial charge on any atom is -0.358 e. The highest BCUT2D eigenvalue weighted by molar-refractivity contribution is 5.56. The van der Waals surface area contributed by atoms with E-state index >= 15 is 0 Å². The van der Waals surface area contributed by atoms with Crippen LogP contribution in [0.1, 0.15) is 36.0 Å². The summed E-state index contributed by atoms with van der Waals surface area (Å²) in [5.41, 5.74) is 3.21. The maximum absolute atomic E-state index is 5.67. The van der Waals surface area contributed by atoms with Crippen LogP contribution >= 0.6 is 0 Å². The van der Waals surface area contributed by atoms with Crippen LogP contribution in [0.2, 0.25) is 0 Å². The van der Waals surface area contributed by atoms with Gasteiger partial charge in [0.15, 0.2) is 11.6 Å². The molecule has 0 aliphatic carbocycles. The lowest BCUT2D eigenvalue weighted by atomic mass is 10.1. The van der Waals surface area contributed by atoms with E-state index in [1.54, 1.807) is 18.6 Å². The standard InChI is InChI=1S/C20H21N9O/c1-12-8-18(24-19-9-13(2)26-27-19)25-20(23-12)29-7-3-4-16(29)17-10-14(28-30-17)15-11-21-5-6-22-15/h5-6,8-11,16H,3-4,7H2,1-2H3,(H2,23,24,25,26,27)/t16-/m0/s1. The van der Waals surface area contributed by atoms with Crippen molar-refractivity contribution in [3.63, 3.8) is 0 Å². The highest BCUT2D eigenvalue weighted by atomic mass is 16.5. The van der Waals surface area contributed by atoms with Gasteiger partial charge in [0, 0.05) is 48.5 Å². The first kappa shape index (κ1) is 18.2. The molecule has 30 heavy (non-hydrogen) atoms. The molecule has 0 radical (unpaired) electrons. The molecular weight excluding hydrogens is 382 g/mol. The SMILES string of the molecule is Cc1cc(Nc2cc(C)[nH]n2)nc(N2CCC[C@H]2c2cc(-c3cnccn3)no2)n1. The summed E-state index contributed by atoms with van der Waals surface area (Å²) in [6.07, 6.45) is 6.90. The summed E-state index contributed by atoms with van der Waals surface area (Å²) in [6, 6.07) is 5.77. The highest BCUT2D eigenvalue weighted by Crippen LogP contribution is 2.36. The van der Waals surface area contributed by atoms with Crippen LogP contribution in [0.25, 0.3) is 11.4 Å². The smallest absolute Gasteiger partial charge is 0.228 e. The van der Waals surface area contributed by atoms with E-state index in [-0.39, 0.29) is 6.04 Å². The average Bonchev–Trinajstić information content (AvgIpc) is 3.48. The zero-order valence-electron chi connectivity index (χ0n) is 16.7. The van der Waals surface area contributed by atoms with Crippen molar-refractivity contribution in [2.75, 3.05) is 16.8 Å². The molecule has 0 bridgehead atoms. The molecule has 4 aromatic rings. The summed E-state index contributed by atoms with van der Waals surface area (Å²) in [7, 11) is 0. The lowest BCUT2D eigenvalue weighted by Gasteiger charge is -2.23. The third-order valence-electron chi connectivity index (χ3n) is 5.00. The Balaban J connectivity index is 1.42. The summed E-state index contributed by atoms with van der Waals surface area (Å²) in [5, 5.41) is 14.6. The van der Waals surface area contributed by atoms with Crippen molar-refractivity contribution >= 4 is 17.6 Å². The Labute approximate surface area is 172 Å². The molecule has 0 spiro atoms. The fourth-order valence-corrected chi connectivity index (χ4v) is 3.66. The van der Waals surface area contributed by atoms with Crippen LogP contribution < -0.4 is 10.2 Å². The van der Waals surface area contributed by atoms with E-state index < -0.39 is 0 Å². The molecule has 1 fully saturated rings. The van der Waals surface area contributed by atoms with Gasteiger partial charge in [0.2, 0.25) is 5.95 Å². The van der Waals surface area contributed by atoms with Crippen molar-refractivity contribution in [2.24, 2.45) is 0 Å². The Morgan fingerprint density at radius 1 is 1.10 bits per heavy atom. The van der Waals surface area contributed by atoms with Gasteiger partial charge in [0.1, 0.15) is 17.2 Å². The van der Waals surface area contributed by atoms with Gasteiger partial charge in [-0.15, -0.1) is 0 Å². The molecule has 0 aromatic carbocycles. The van der Waals surface area contributed by atoms with E-state index in [2.05, 4.69) is 40.5 Å². The van der Waals surface area contributed by atoms with Gasteiger partial charge in [-0.1, -0.05) is 5.16 Å². The predicted molar refractivity (Wildman–Crippen MR) is 110 cm³/mol. The zero-order valence-corrected chi connectivity index (χ0v) is 16.7. The van der Waals surface area contributed by atoms with E-state index in [4.69, 9.17) is 9.51 Å². The number of nitrogens with one attached hydrogen (secondary N) is 2. The summed E-state index contributed by atoms with van der Waals surface area (Å²) in [6.45, 7) is 4.75. The van der Waals surface area contributed by atoms with Crippen LogP contribution in [0.15, 0.2) is 41.3 Å². The maximum atomic E-state index is 5.67. The van der Waals surface area contributed by atoms with E-state index in [0.717, 1.165) is 42.4 Å². The molecule has 1 atom stereocenters. The van der Waals surface area contributed by atoms with Gasteiger partial charge in [0.05, 0.1) is 12.2 Å². The van der Waals surface area contributed by atoms with E-state index in [9.17, 15) is 0 Å². The minimum absolute atomic E-state index is 0.0187. The Kier molecular flexibility index (Phi) is 4.58. The van der Waals surface area contributed by atoms with Crippen molar-refractivity contribution in [1.29, 1.82) is 0 Å². The van der Waals surface area contributed by atoms with Crippen LogP contribution in [-0.2, 0) is 0 Å². The molecule has 5 rings (SSSR count). The van der Waals surface area contributed by atoms with Gasteiger partial charge in [-0.2, -0.15) is 10.1 Å². The summed E-state index contributed by atoms with van der Waals surface area (Å²) in [5.74, 6) is 2.85. The lowest BCUT2D eigenvalue weighted by Crippen LogP contribution is -2.25. The third kappa shape index (κ3) is 3.59. The molecule has 2 N–H and O–H groups in total. The average molecular weight is 403 g/mol. The zero-order chi connectivity index (χ0) is 20.5. The van der Waals surface area contributed by atoms with Crippen LogP contribution in [-0.4, -0.2) is 41.8 Å². The number of aromatic amines is 1. The largest absolute Gasteiger partial charge is 0.358 e. The number of H-pyrrole nitrogens is 1. The topological polar surface area (TPSA) is 122 Å². The Hall–Kier alpha value is -3.82. The molecule has 10 heteroatoms. The first-order valence-electron chi connectivity index (χ1n) is 9.80. The Morgan fingerprint density at radius 2 is 2.03 bits per heavy atom. The molecule has 1 aliphatic rings. The van der Waals surface area contributed by atoms with Crippen molar-refractivity contribution in [3.05, 3.63) is 53.9 Å². The predicted octanol–water partition coefficient (Wildman–Crippen LogP) is 3.35. The maximum Gasteiger partial charge on any atom is 0.228 e. The number of rotatable bonds is 5. The quantitative estimate of drug-likeness (QED) is 0.516. The minimum atomic E-state index is 0.0187. The molecule has 1 saturated heterocycles. The van der Waals surface area contributed by atoms with Gasteiger partial charge in [-0.25, -0.2) is 4.98 Å². The van der Waals surface area contributed by atoms with Crippen LogP contribution in [0.5, 0.6) is 0 Å². The number of nitrogens with zero attached hydrogens (tertiary/aromatic N) is 7. The molecule has 152 valence electrons. The number of aromatic nitrogens is 7. The van der Waals surface area contributed by atoms with Crippen molar-refractivity contribution < 1.29 is 4.52 Å². The first-order valence-corrected chi connectivity index (χ1v) is 9.80. The highest BCUT2D eigenvalue weighted by Gasteiger charge is 2.32. The van der Waals surface area contributed by atoms with Gasteiger partial charge < -0.3 is 14.7 Å². The normalized spacial score (nSPS) is 16.2. The lowest BCUT2D eigenvalue weighted by molar-refractivity contribution is 0.362. The Bertz CT molecular complexity index is 1150. The fraction of sp³-hybridized carbons (Fsp3) is 0.300. The van der Waals surface area contributed by atoms with E-state index in [0.29, 0.717) is 23.2 Å². The summed E-state index contributed by atoms with van der Waals surface area (Å²) in [4.78, 5) is 19.9. The van der Waals surface area contributed by atoms with Gasteiger partial charge in [-0.3, -0.25) is 15.1 Å². The number of hydrogen-bond acceptors (Lipinski definition) is 9. The Morgan fingerprint density at radius 3 is 2.83 bits per heavy atom. The molecule has 10 nitrogen and oxygen atoms in total. The fourth-order valence-electron chi connectivity index (χ4n) is 3.66. The van der Waals surface area contributed by atoms with Crippen LogP contribution in [0.4, 0.5) is 17.6 Å². The summed E-state index contributed by atoms with van der Waals surface area (Å²) < 4.78 is 5.67.